The van der Waals surface area contributed by atoms with Crippen LogP contribution in [0.15, 0.2) is 65.5 Å². The number of benzene rings is 1. The molecule has 188 valence electrons. The standard InChI is InChI=1S/C30H30N4O3/c1-19(25(35)12-11-21-15-22-6-4-10-28(36)34-30(22)33-16-21)14-27-20(2)29-23(7-3-9-26(29)37-27)17-32-24-8-5-13-31-18-24/h3,5,7-9,11-13,15-16,18-19,32H,4,6,10,14,17H2,1-2H3,(H,33,34,36)/b12-11+. The molecule has 5 rings (SSSR count). The lowest BCUT2D eigenvalue weighted by molar-refractivity contribution is -0.118. The van der Waals surface area contributed by atoms with Crippen LogP contribution in [0.5, 0.6) is 0 Å². The quantitative estimate of drug-likeness (QED) is 0.297. The van der Waals surface area contributed by atoms with Gasteiger partial charge in [0.15, 0.2) is 5.78 Å². The van der Waals surface area contributed by atoms with Gasteiger partial charge in [-0.2, -0.15) is 0 Å². The second-order valence-electron chi connectivity index (χ2n) is 9.55. The summed E-state index contributed by atoms with van der Waals surface area (Å²) in [5, 5.41) is 7.34. The molecule has 0 aliphatic carbocycles. The van der Waals surface area contributed by atoms with E-state index in [-0.39, 0.29) is 17.6 Å². The second-order valence-corrected chi connectivity index (χ2v) is 9.55. The molecule has 7 heteroatoms. The second kappa shape index (κ2) is 10.8. The van der Waals surface area contributed by atoms with Gasteiger partial charge in [0.2, 0.25) is 5.91 Å². The molecule has 1 atom stereocenters. The summed E-state index contributed by atoms with van der Waals surface area (Å²) in [5.74, 6) is 1.24. The number of fused-ring (bicyclic) bond motifs is 2. The number of allylic oxidation sites excluding steroid dienone is 1. The first-order valence-electron chi connectivity index (χ1n) is 12.6. The van der Waals surface area contributed by atoms with Crippen LogP contribution in [0, 0.1) is 12.8 Å². The average molecular weight is 495 g/mol. The fraction of sp³-hybridized carbons (Fsp3) is 0.267. The van der Waals surface area contributed by atoms with Gasteiger partial charge in [0.05, 0.1) is 5.69 Å². The number of pyridine rings is 2. The Hall–Kier alpha value is -4.26. The number of hydrogen-bond donors (Lipinski definition) is 2. The maximum atomic E-state index is 12.9. The molecule has 3 aromatic heterocycles. The number of rotatable bonds is 8. The number of aryl methyl sites for hydroxylation is 2. The predicted molar refractivity (Wildman–Crippen MR) is 145 cm³/mol. The largest absolute Gasteiger partial charge is 0.461 e. The van der Waals surface area contributed by atoms with E-state index in [1.165, 1.54) is 0 Å². The highest BCUT2D eigenvalue weighted by Gasteiger charge is 2.19. The molecule has 1 aliphatic rings. The molecule has 0 bridgehead atoms. The minimum absolute atomic E-state index is 0.00342. The van der Waals surface area contributed by atoms with E-state index in [4.69, 9.17) is 4.42 Å². The van der Waals surface area contributed by atoms with Gasteiger partial charge < -0.3 is 15.1 Å². The van der Waals surface area contributed by atoms with Crippen LogP contribution in [0.4, 0.5) is 11.5 Å². The van der Waals surface area contributed by atoms with E-state index < -0.39 is 0 Å². The zero-order chi connectivity index (χ0) is 25.8. The molecule has 0 spiro atoms. The molecule has 0 radical (unpaired) electrons. The van der Waals surface area contributed by atoms with E-state index >= 15 is 0 Å². The number of anilines is 2. The first-order chi connectivity index (χ1) is 18.0. The molecule has 0 fully saturated rings. The molecule has 1 unspecified atom stereocenters. The molecular weight excluding hydrogens is 464 g/mol. The summed E-state index contributed by atoms with van der Waals surface area (Å²) in [6.45, 7) is 4.63. The first-order valence-corrected chi connectivity index (χ1v) is 12.6. The Bertz CT molecular complexity index is 1470. The Morgan fingerprint density at radius 1 is 1.22 bits per heavy atom. The highest BCUT2D eigenvalue weighted by atomic mass is 16.3. The lowest BCUT2D eigenvalue weighted by Crippen LogP contribution is -2.11. The van der Waals surface area contributed by atoms with Crippen LogP contribution in [0.2, 0.25) is 0 Å². The van der Waals surface area contributed by atoms with Crippen molar-refractivity contribution in [2.75, 3.05) is 10.6 Å². The van der Waals surface area contributed by atoms with Crippen molar-refractivity contribution < 1.29 is 14.0 Å². The summed E-state index contributed by atoms with van der Waals surface area (Å²) in [6, 6.07) is 11.9. The zero-order valence-electron chi connectivity index (χ0n) is 21.1. The van der Waals surface area contributed by atoms with Gasteiger partial charge in [-0.15, -0.1) is 0 Å². The molecule has 1 aliphatic heterocycles. The Morgan fingerprint density at radius 2 is 2.11 bits per heavy atom. The molecular formula is C30H30N4O3. The smallest absolute Gasteiger partial charge is 0.225 e. The van der Waals surface area contributed by atoms with Gasteiger partial charge in [-0.25, -0.2) is 4.98 Å². The summed E-state index contributed by atoms with van der Waals surface area (Å²) < 4.78 is 6.20. The van der Waals surface area contributed by atoms with Crippen molar-refractivity contribution in [3.05, 3.63) is 89.1 Å². The van der Waals surface area contributed by atoms with E-state index in [2.05, 4.69) is 33.6 Å². The van der Waals surface area contributed by atoms with Crippen LogP contribution in [-0.4, -0.2) is 21.7 Å². The number of aromatic nitrogens is 2. The van der Waals surface area contributed by atoms with Crippen molar-refractivity contribution in [2.45, 2.75) is 46.1 Å². The normalized spacial score (nSPS) is 14.3. The van der Waals surface area contributed by atoms with E-state index in [0.29, 0.717) is 25.2 Å². The van der Waals surface area contributed by atoms with Gasteiger partial charge in [-0.05, 0) is 78.4 Å². The van der Waals surface area contributed by atoms with Crippen LogP contribution >= 0.6 is 0 Å². The van der Waals surface area contributed by atoms with Crippen molar-refractivity contribution >= 4 is 40.2 Å². The summed E-state index contributed by atoms with van der Waals surface area (Å²) >= 11 is 0. The molecule has 1 aromatic carbocycles. The van der Waals surface area contributed by atoms with Crippen molar-refractivity contribution in [3.63, 3.8) is 0 Å². The maximum absolute atomic E-state index is 12.9. The lowest BCUT2D eigenvalue weighted by atomic mass is 9.97. The fourth-order valence-electron chi connectivity index (χ4n) is 4.72. The first kappa shape index (κ1) is 24.4. The molecule has 7 nitrogen and oxygen atoms in total. The number of ketones is 1. The SMILES string of the molecule is Cc1c(CC(C)C(=O)/C=C/c2cnc3c(c2)CCCC(=O)N3)oc2cccc(CNc3cccnc3)c12. The van der Waals surface area contributed by atoms with Gasteiger partial charge >= 0.3 is 0 Å². The lowest BCUT2D eigenvalue weighted by Gasteiger charge is -2.08. The minimum Gasteiger partial charge on any atom is -0.461 e. The summed E-state index contributed by atoms with van der Waals surface area (Å²) in [7, 11) is 0. The molecule has 0 saturated carbocycles. The highest BCUT2D eigenvalue weighted by Crippen LogP contribution is 2.31. The van der Waals surface area contributed by atoms with Gasteiger partial charge in [0.25, 0.3) is 0 Å². The summed E-state index contributed by atoms with van der Waals surface area (Å²) in [5.41, 5.74) is 5.85. The van der Waals surface area contributed by atoms with Crippen molar-refractivity contribution in [3.8, 4) is 0 Å². The van der Waals surface area contributed by atoms with E-state index in [0.717, 1.165) is 57.5 Å². The van der Waals surface area contributed by atoms with E-state index in [1.54, 1.807) is 30.7 Å². The van der Waals surface area contributed by atoms with Crippen LogP contribution in [0.1, 0.15) is 47.8 Å². The third-order valence-electron chi connectivity index (χ3n) is 6.80. The molecule has 4 heterocycles. The topological polar surface area (TPSA) is 97.1 Å². The van der Waals surface area contributed by atoms with Crippen LogP contribution < -0.4 is 10.6 Å². The maximum Gasteiger partial charge on any atom is 0.225 e. The third-order valence-corrected chi connectivity index (χ3v) is 6.80. The number of furan rings is 1. The predicted octanol–water partition coefficient (Wildman–Crippen LogP) is 5.88. The van der Waals surface area contributed by atoms with Crippen LogP contribution in [0.25, 0.3) is 17.0 Å². The van der Waals surface area contributed by atoms with Crippen LogP contribution in [0.3, 0.4) is 0 Å². The van der Waals surface area contributed by atoms with Gasteiger partial charge in [0.1, 0.15) is 17.2 Å². The van der Waals surface area contributed by atoms with E-state index in [1.807, 2.05) is 37.3 Å². The Kier molecular flexibility index (Phi) is 7.12. The summed E-state index contributed by atoms with van der Waals surface area (Å²) in [4.78, 5) is 33.2. The molecule has 4 aromatic rings. The van der Waals surface area contributed by atoms with E-state index in [9.17, 15) is 9.59 Å². The number of carbonyl (C=O) groups is 2. The van der Waals surface area contributed by atoms with Gasteiger partial charge in [-0.3, -0.25) is 14.6 Å². The van der Waals surface area contributed by atoms with Crippen LogP contribution in [-0.2, 0) is 29.0 Å². The highest BCUT2D eigenvalue weighted by molar-refractivity contribution is 5.96. The summed E-state index contributed by atoms with van der Waals surface area (Å²) in [6.07, 6.45) is 11.3. The average Bonchev–Trinajstić information content (AvgIpc) is 3.10. The molecule has 37 heavy (non-hydrogen) atoms. The van der Waals surface area contributed by atoms with Crippen molar-refractivity contribution in [1.82, 2.24) is 9.97 Å². The fourth-order valence-corrected chi connectivity index (χ4v) is 4.72. The number of hydrogen-bond acceptors (Lipinski definition) is 6. The number of nitrogens with one attached hydrogen (secondary N) is 2. The van der Waals surface area contributed by atoms with Gasteiger partial charge in [-0.1, -0.05) is 19.1 Å². The van der Waals surface area contributed by atoms with Gasteiger partial charge in [0, 0.05) is 49.3 Å². The van der Waals surface area contributed by atoms with Crippen molar-refractivity contribution in [2.24, 2.45) is 5.92 Å². The third kappa shape index (κ3) is 5.61. The monoisotopic (exact) mass is 494 g/mol. The molecule has 0 saturated heterocycles. The minimum atomic E-state index is -0.236. The molecule has 1 amide bonds. The number of nitrogens with zero attached hydrogens (tertiary/aromatic N) is 2. The Balaban J connectivity index is 1.27. The number of carbonyl (C=O) groups excluding carboxylic acids is 2. The molecule has 2 N–H and O–H groups in total. The van der Waals surface area contributed by atoms with Crippen molar-refractivity contribution in [1.29, 1.82) is 0 Å². The zero-order valence-corrected chi connectivity index (χ0v) is 21.1. The Labute approximate surface area is 216 Å². The Morgan fingerprint density at radius 3 is 2.95 bits per heavy atom. The number of amides is 1.